The number of para-hydroxylation sites is 1. The smallest absolute Gasteiger partial charge is 0.282 e. The molecule has 0 spiro atoms. The highest BCUT2D eigenvalue weighted by Gasteiger charge is 2.17. The zero-order chi connectivity index (χ0) is 19.1. The van der Waals surface area contributed by atoms with Crippen LogP contribution < -0.4 is 5.56 Å². The van der Waals surface area contributed by atoms with Gasteiger partial charge in [0.1, 0.15) is 0 Å². The van der Waals surface area contributed by atoms with E-state index in [1.807, 2.05) is 57.2 Å². The number of H-pyrrole nitrogens is 1. The van der Waals surface area contributed by atoms with Crippen molar-refractivity contribution < 1.29 is 0 Å². The Morgan fingerprint density at radius 3 is 2.67 bits per heavy atom. The maximum Gasteiger partial charge on any atom is 0.282 e. The summed E-state index contributed by atoms with van der Waals surface area (Å²) in [6.45, 7) is 7.85. The number of nitrogens with zero attached hydrogens (tertiary/aromatic N) is 3. The van der Waals surface area contributed by atoms with Crippen molar-refractivity contribution in [2.45, 2.75) is 27.7 Å². The van der Waals surface area contributed by atoms with Gasteiger partial charge in [0.2, 0.25) is 5.13 Å². The van der Waals surface area contributed by atoms with Crippen molar-refractivity contribution in [3.63, 3.8) is 0 Å². The van der Waals surface area contributed by atoms with Gasteiger partial charge in [0, 0.05) is 5.69 Å². The van der Waals surface area contributed by atoms with Crippen molar-refractivity contribution in [1.29, 1.82) is 0 Å². The van der Waals surface area contributed by atoms with Crippen LogP contribution in [0.15, 0.2) is 52.3 Å². The molecule has 0 saturated carbocycles. The monoisotopic (exact) mass is 376 g/mol. The van der Waals surface area contributed by atoms with Crippen LogP contribution in [0.3, 0.4) is 0 Å². The van der Waals surface area contributed by atoms with Crippen molar-refractivity contribution in [3.05, 3.63) is 75.2 Å². The highest BCUT2D eigenvalue weighted by atomic mass is 32.1. The van der Waals surface area contributed by atoms with E-state index in [2.05, 4.69) is 23.1 Å². The molecule has 0 radical (unpaired) electrons. The molecule has 0 saturated heterocycles. The van der Waals surface area contributed by atoms with E-state index in [4.69, 9.17) is 4.99 Å². The maximum atomic E-state index is 13.1. The molecule has 0 aliphatic heterocycles. The fourth-order valence-corrected chi connectivity index (χ4v) is 4.16. The average Bonchev–Trinajstić information content (AvgIpc) is 3.17. The molecule has 2 aromatic heterocycles. The summed E-state index contributed by atoms with van der Waals surface area (Å²) < 4.78 is 2.56. The fourth-order valence-electron chi connectivity index (χ4n) is 3.23. The van der Waals surface area contributed by atoms with Crippen LogP contribution in [0.4, 0.5) is 5.69 Å². The maximum absolute atomic E-state index is 13.1. The van der Waals surface area contributed by atoms with Gasteiger partial charge in [0.25, 0.3) is 5.56 Å². The van der Waals surface area contributed by atoms with Gasteiger partial charge < -0.3 is 0 Å². The second kappa shape index (κ2) is 6.63. The number of benzene rings is 2. The molecule has 2 heterocycles. The Balaban J connectivity index is 1.80. The van der Waals surface area contributed by atoms with Gasteiger partial charge >= 0.3 is 0 Å². The number of nitrogens with one attached hydrogen (secondary N) is 1. The summed E-state index contributed by atoms with van der Waals surface area (Å²) >= 11 is 1.49. The number of aromatic nitrogens is 3. The largest absolute Gasteiger partial charge is 0.293 e. The van der Waals surface area contributed by atoms with Crippen molar-refractivity contribution >= 4 is 33.0 Å². The molecule has 6 heteroatoms. The SMILES string of the molecule is CC(=Nc1ccc(C)cc1C)c1c(C)[nH]n(-c2nc3ccccc3s2)c1=O. The standard InChI is InChI=1S/C21H20N4OS/c1-12-9-10-16(13(2)11-12)22-14(3)19-15(4)24-25(20(19)26)21-23-17-7-5-6-8-18(17)27-21/h5-11,24H,1-4H3. The van der Waals surface area contributed by atoms with E-state index in [-0.39, 0.29) is 5.56 Å². The van der Waals surface area contributed by atoms with Gasteiger partial charge in [0.05, 0.1) is 27.2 Å². The fraction of sp³-hybridized carbons (Fsp3) is 0.190. The summed E-state index contributed by atoms with van der Waals surface area (Å²) in [5, 5.41) is 3.79. The number of aryl methyl sites for hydroxylation is 3. The van der Waals surface area contributed by atoms with Gasteiger partial charge in [-0.2, -0.15) is 4.68 Å². The zero-order valence-electron chi connectivity index (χ0n) is 15.7. The molecule has 4 aromatic rings. The summed E-state index contributed by atoms with van der Waals surface area (Å²) in [6.07, 6.45) is 0. The molecule has 1 N–H and O–H groups in total. The molecule has 2 aromatic carbocycles. The van der Waals surface area contributed by atoms with E-state index < -0.39 is 0 Å². The third kappa shape index (κ3) is 3.13. The Bertz CT molecular complexity index is 1210. The molecule has 5 nitrogen and oxygen atoms in total. The van der Waals surface area contributed by atoms with Crippen LogP contribution in [0.1, 0.15) is 29.3 Å². The third-order valence-electron chi connectivity index (χ3n) is 4.55. The Labute approximate surface area is 161 Å². The Morgan fingerprint density at radius 1 is 1.15 bits per heavy atom. The molecular weight excluding hydrogens is 356 g/mol. The average molecular weight is 376 g/mol. The lowest BCUT2D eigenvalue weighted by atomic mass is 10.1. The van der Waals surface area contributed by atoms with Crippen molar-refractivity contribution in [3.8, 4) is 5.13 Å². The molecule has 0 amide bonds. The van der Waals surface area contributed by atoms with Crippen LogP contribution in [0.5, 0.6) is 0 Å². The topological polar surface area (TPSA) is 63.0 Å². The summed E-state index contributed by atoms with van der Waals surface area (Å²) in [5.74, 6) is 0. The quantitative estimate of drug-likeness (QED) is 0.520. The number of thiazole rings is 1. The van der Waals surface area contributed by atoms with Gasteiger partial charge in [-0.15, -0.1) is 0 Å². The summed E-state index contributed by atoms with van der Waals surface area (Å²) in [4.78, 5) is 22.3. The minimum atomic E-state index is -0.127. The molecule has 0 aliphatic carbocycles. The highest BCUT2D eigenvalue weighted by Crippen LogP contribution is 2.24. The lowest BCUT2D eigenvalue weighted by Crippen LogP contribution is -2.19. The second-order valence-corrected chi connectivity index (χ2v) is 7.71. The van der Waals surface area contributed by atoms with Crippen LogP contribution in [-0.4, -0.2) is 20.5 Å². The van der Waals surface area contributed by atoms with E-state index in [0.717, 1.165) is 27.2 Å². The number of hydrogen-bond acceptors (Lipinski definition) is 4. The minimum absolute atomic E-state index is 0.127. The van der Waals surface area contributed by atoms with Crippen LogP contribution in [0, 0.1) is 20.8 Å². The molecule has 136 valence electrons. The van der Waals surface area contributed by atoms with Gasteiger partial charge in [-0.3, -0.25) is 14.9 Å². The normalized spacial score (nSPS) is 12.1. The number of aromatic amines is 1. The van der Waals surface area contributed by atoms with E-state index in [9.17, 15) is 4.79 Å². The van der Waals surface area contributed by atoms with Crippen LogP contribution >= 0.6 is 11.3 Å². The first-order chi connectivity index (χ1) is 12.9. The third-order valence-corrected chi connectivity index (χ3v) is 5.57. The van der Waals surface area contributed by atoms with Gasteiger partial charge in [-0.25, -0.2) is 4.98 Å². The Kier molecular flexibility index (Phi) is 4.28. The lowest BCUT2D eigenvalue weighted by Gasteiger charge is -2.03. The van der Waals surface area contributed by atoms with E-state index >= 15 is 0 Å². The Morgan fingerprint density at radius 2 is 1.93 bits per heavy atom. The highest BCUT2D eigenvalue weighted by molar-refractivity contribution is 7.20. The van der Waals surface area contributed by atoms with E-state index in [0.29, 0.717) is 16.4 Å². The van der Waals surface area contributed by atoms with Crippen molar-refractivity contribution in [1.82, 2.24) is 14.8 Å². The molecule has 0 aliphatic rings. The first kappa shape index (κ1) is 17.4. The molecule has 0 bridgehead atoms. The minimum Gasteiger partial charge on any atom is -0.293 e. The van der Waals surface area contributed by atoms with Gasteiger partial charge in [0.15, 0.2) is 0 Å². The van der Waals surface area contributed by atoms with E-state index in [1.165, 1.54) is 21.6 Å². The predicted molar refractivity (Wildman–Crippen MR) is 112 cm³/mol. The number of aliphatic imine (C=N–C) groups is 1. The summed E-state index contributed by atoms with van der Waals surface area (Å²) in [7, 11) is 0. The second-order valence-electron chi connectivity index (χ2n) is 6.70. The number of rotatable bonds is 3. The first-order valence-corrected chi connectivity index (χ1v) is 9.56. The van der Waals surface area contributed by atoms with Gasteiger partial charge in [-0.1, -0.05) is 41.2 Å². The zero-order valence-corrected chi connectivity index (χ0v) is 16.5. The molecule has 0 unspecified atom stereocenters. The first-order valence-electron chi connectivity index (χ1n) is 8.74. The molecular formula is C21H20N4OS. The van der Waals surface area contributed by atoms with Crippen LogP contribution in [0.25, 0.3) is 15.3 Å². The number of hydrogen-bond donors (Lipinski definition) is 1. The Hall–Kier alpha value is -2.99. The summed E-state index contributed by atoms with van der Waals surface area (Å²) in [6, 6.07) is 14.0. The van der Waals surface area contributed by atoms with Crippen molar-refractivity contribution in [2.24, 2.45) is 4.99 Å². The van der Waals surface area contributed by atoms with E-state index in [1.54, 1.807) is 0 Å². The van der Waals surface area contributed by atoms with Crippen molar-refractivity contribution in [2.75, 3.05) is 0 Å². The molecule has 4 rings (SSSR count). The molecule has 27 heavy (non-hydrogen) atoms. The molecule has 0 atom stereocenters. The summed E-state index contributed by atoms with van der Waals surface area (Å²) in [5.41, 5.74) is 6.00. The lowest BCUT2D eigenvalue weighted by molar-refractivity contribution is 0.829. The predicted octanol–water partition coefficient (Wildman–Crippen LogP) is 4.84. The number of fused-ring (bicyclic) bond motifs is 1. The molecule has 0 fully saturated rings. The van der Waals surface area contributed by atoms with Crippen LogP contribution in [0.2, 0.25) is 0 Å². The van der Waals surface area contributed by atoms with Gasteiger partial charge in [-0.05, 0) is 51.5 Å². The van der Waals surface area contributed by atoms with Crippen LogP contribution in [-0.2, 0) is 0 Å².